The lowest BCUT2D eigenvalue weighted by molar-refractivity contribution is -0.0427. The number of hydrogen-bond acceptors (Lipinski definition) is 1. The number of aliphatic hydroxyl groups is 1. The molecule has 0 saturated heterocycles. The third-order valence-corrected chi connectivity index (χ3v) is 10.9. The van der Waals surface area contributed by atoms with Crippen molar-refractivity contribution >= 4 is 0 Å². The quantitative estimate of drug-likeness (QED) is 0.451. The van der Waals surface area contributed by atoms with Gasteiger partial charge in [-0.05, 0) is 97.7 Å². The van der Waals surface area contributed by atoms with Crippen LogP contribution in [0.1, 0.15) is 112 Å². The summed E-state index contributed by atoms with van der Waals surface area (Å²) < 4.78 is 0. The second-order valence-electron chi connectivity index (χ2n) is 12.3. The molecule has 0 aromatic rings. The van der Waals surface area contributed by atoms with E-state index in [9.17, 15) is 5.11 Å². The van der Waals surface area contributed by atoms with Crippen molar-refractivity contribution in [3.63, 3.8) is 0 Å². The Labute approximate surface area is 181 Å². The van der Waals surface area contributed by atoms with Gasteiger partial charge in [-0.2, -0.15) is 0 Å². The SMILES string of the molecule is CCC(C)CCC[C@@H](C)C1CCC2C3=CC[C@H]4C[C@@H](O)CC[C@]4(C)C3CC[C@@]21C. The van der Waals surface area contributed by atoms with Gasteiger partial charge in [0.2, 0.25) is 0 Å². The predicted octanol–water partition coefficient (Wildman–Crippen LogP) is 7.78. The van der Waals surface area contributed by atoms with Crippen molar-refractivity contribution < 1.29 is 5.11 Å². The summed E-state index contributed by atoms with van der Waals surface area (Å²) in [5.41, 5.74) is 2.89. The largest absolute Gasteiger partial charge is 0.393 e. The molecule has 4 aliphatic rings. The van der Waals surface area contributed by atoms with Crippen LogP contribution >= 0.6 is 0 Å². The first-order valence-corrected chi connectivity index (χ1v) is 13.2. The van der Waals surface area contributed by atoms with Crippen molar-refractivity contribution in [2.45, 2.75) is 118 Å². The van der Waals surface area contributed by atoms with Crippen molar-refractivity contribution in [1.29, 1.82) is 0 Å². The van der Waals surface area contributed by atoms with Gasteiger partial charge in [-0.3, -0.25) is 0 Å². The van der Waals surface area contributed by atoms with Crippen molar-refractivity contribution in [3.8, 4) is 0 Å². The molecule has 166 valence electrons. The van der Waals surface area contributed by atoms with Crippen molar-refractivity contribution in [3.05, 3.63) is 11.6 Å². The lowest BCUT2D eigenvalue weighted by atomic mass is 9.47. The maximum absolute atomic E-state index is 10.2. The van der Waals surface area contributed by atoms with Gasteiger partial charge in [0.25, 0.3) is 0 Å². The highest BCUT2D eigenvalue weighted by molar-refractivity contribution is 5.27. The molecule has 0 aromatic heterocycles. The Morgan fingerprint density at radius 1 is 1.00 bits per heavy atom. The first kappa shape index (κ1) is 21.9. The fraction of sp³-hybridized carbons (Fsp3) is 0.929. The summed E-state index contributed by atoms with van der Waals surface area (Å²) in [6.07, 6.45) is 18.6. The van der Waals surface area contributed by atoms with Crippen LogP contribution < -0.4 is 0 Å². The standard InChI is InChI=1S/C28H48O/c1-6-19(2)8-7-9-20(3)24-12-13-25-23-11-10-21-18-22(29)14-16-27(21,4)26(23)15-17-28(24,25)5/h11,19-22,24-26,29H,6-10,12-18H2,1-5H3/t19?,20-,21+,22+,24?,25?,26?,27+,28-/m1/s1. The highest BCUT2D eigenvalue weighted by Crippen LogP contribution is 2.66. The van der Waals surface area contributed by atoms with Gasteiger partial charge in [0, 0.05) is 0 Å². The molecular formula is C28H48O. The second-order valence-corrected chi connectivity index (χ2v) is 12.3. The molecule has 3 fully saturated rings. The lowest BCUT2D eigenvalue weighted by Gasteiger charge is -2.57. The number of rotatable bonds is 6. The maximum atomic E-state index is 10.2. The zero-order valence-electron chi connectivity index (χ0n) is 20.1. The van der Waals surface area contributed by atoms with E-state index in [1.807, 2.05) is 5.57 Å². The van der Waals surface area contributed by atoms with E-state index in [1.165, 1.54) is 64.2 Å². The van der Waals surface area contributed by atoms with Crippen LogP contribution in [0.2, 0.25) is 0 Å². The van der Waals surface area contributed by atoms with E-state index in [1.54, 1.807) is 0 Å². The number of hydrogen-bond donors (Lipinski definition) is 1. The summed E-state index contributed by atoms with van der Waals surface area (Å²) in [5.74, 6) is 5.12. The van der Waals surface area contributed by atoms with Gasteiger partial charge in [-0.1, -0.05) is 72.0 Å². The van der Waals surface area contributed by atoms with E-state index in [0.717, 1.165) is 48.3 Å². The topological polar surface area (TPSA) is 20.2 Å². The van der Waals surface area contributed by atoms with E-state index in [-0.39, 0.29) is 6.10 Å². The van der Waals surface area contributed by atoms with Crippen LogP contribution in [0.15, 0.2) is 11.6 Å². The average Bonchev–Trinajstić information content (AvgIpc) is 3.05. The van der Waals surface area contributed by atoms with E-state index in [4.69, 9.17) is 0 Å². The molecule has 1 N–H and O–H groups in total. The molecule has 0 spiro atoms. The van der Waals surface area contributed by atoms with E-state index < -0.39 is 0 Å². The summed E-state index contributed by atoms with van der Waals surface area (Å²) in [7, 11) is 0. The molecule has 1 nitrogen and oxygen atoms in total. The molecule has 4 unspecified atom stereocenters. The van der Waals surface area contributed by atoms with Gasteiger partial charge in [0.1, 0.15) is 0 Å². The van der Waals surface area contributed by atoms with Crippen LogP contribution in [0, 0.1) is 46.3 Å². The molecule has 0 amide bonds. The highest BCUT2D eigenvalue weighted by Gasteiger charge is 2.58. The minimum absolute atomic E-state index is 0.0379. The van der Waals surface area contributed by atoms with E-state index in [0.29, 0.717) is 10.8 Å². The number of aliphatic hydroxyl groups excluding tert-OH is 1. The summed E-state index contributed by atoms with van der Waals surface area (Å²) in [6.45, 7) is 12.6. The summed E-state index contributed by atoms with van der Waals surface area (Å²) in [5, 5.41) is 10.2. The fourth-order valence-corrected chi connectivity index (χ4v) is 8.66. The van der Waals surface area contributed by atoms with Gasteiger partial charge in [0.15, 0.2) is 0 Å². The van der Waals surface area contributed by atoms with Crippen LogP contribution in [-0.4, -0.2) is 11.2 Å². The van der Waals surface area contributed by atoms with Crippen LogP contribution in [-0.2, 0) is 0 Å². The summed E-state index contributed by atoms with van der Waals surface area (Å²) in [4.78, 5) is 0. The van der Waals surface area contributed by atoms with Gasteiger partial charge in [-0.25, -0.2) is 0 Å². The third kappa shape index (κ3) is 3.77. The number of allylic oxidation sites excluding steroid dienone is 2. The zero-order valence-corrected chi connectivity index (χ0v) is 20.1. The van der Waals surface area contributed by atoms with Crippen LogP contribution in [0.4, 0.5) is 0 Å². The molecular weight excluding hydrogens is 352 g/mol. The molecule has 9 atom stereocenters. The van der Waals surface area contributed by atoms with Crippen molar-refractivity contribution in [1.82, 2.24) is 0 Å². The Morgan fingerprint density at radius 2 is 1.72 bits per heavy atom. The lowest BCUT2D eigenvalue weighted by Crippen LogP contribution is -2.49. The second kappa shape index (κ2) is 8.33. The molecule has 0 heterocycles. The molecule has 4 rings (SSSR count). The minimum atomic E-state index is -0.0379. The Hall–Kier alpha value is -0.300. The van der Waals surface area contributed by atoms with Crippen LogP contribution in [0.25, 0.3) is 0 Å². The Kier molecular flexibility index (Phi) is 6.29. The molecule has 0 radical (unpaired) electrons. The molecule has 0 aromatic carbocycles. The Morgan fingerprint density at radius 3 is 2.48 bits per heavy atom. The Balaban J connectivity index is 1.47. The van der Waals surface area contributed by atoms with Gasteiger partial charge in [-0.15, -0.1) is 0 Å². The highest BCUT2D eigenvalue weighted by atomic mass is 16.3. The molecule has 3 saturated carbocycles. The predicted molar refractivity (Wildman–Crippen MR) is 124 cm³/mol. The van der Waals surface area contributed by atoms with Gasteiger partial charge >= 0.3 is 0 Å². The first-order chi connectivity index (χ1) is 13.8. The van der Waals surface area contributed by atoms with Crippen molar-refractivity contribution in [2.24, 2.45) is 46.3 Å². The smallest absolute Gasteiger partial charge is 0.0543 e. The normalized spacial score (nSPS) is 46.3. The fourth-order valence-electron chi connectivity index (χ4n) is 8.66. The van der Waals surface area contributed by atoms with Gasteiger partial charge in [0.05, 0.1) is 6.10 Å². The molecule has 4 aliphatic carbocycles. The molecule has 29 heavy (non-hydrogen) atoms. The monoisotopic (exact) mass is 400 g/mol. The van der Waals surface area contributed by atoms with E-state index in [2.05, 4.69) is 40.7 Å². The molecule has 1 heteroatoms. The summed E-state index contributed by atoms with van der Waals surface area (Å²) >= 11 is 0. The van der Waals surface area contributed by atoms with Crippen LogP contribution in [0.5, 0.6) is 0 Å². The summed E-state index contributed by atoms with van der Waals surface area (Å²) in [6, 6.07) is 0. The number of fused-ring (bicyclic) bond motifs is 5. The average molecular weight is 401 g/mol. The van der Waals surface area contributed by atoms with E-state index >= 15 is 0 Å². The maximum Gasteiger partial charge on any atom is 0.0543 e. The first-order valence-electron chi connectivity index (χ1n) is 13.2. The van der Waals surface area contributed by atoms with Crippen molar-refractivity contribution in [2.75, 3.05) is 0 Å². The van der Waals surface area contributed by atoms with Crippen LogP contribution in [0.3, 0.4) is 0 Å². The zero-order chi connectivity index (χ0) is 20.8. The third-order valence-electron chi connectivity index (χ3n) is 10.9. The molecule has 0 bridgehead atoms. The minimum Gasteiger partial charge on any atom is -0.393 e. The molecule has 0 aliphatic heterocycles. The Bertz CT molecular complexity index is 607. The van der Waals surface area contributed by atoms with Gasteiger partial charge < -0.3 is 5.11 Å².